The molecule has 1 atom stereocenters. The Labute approximate surface area is 184 Å². The number of amides is 2. The predicted octanol–water partition coefficient (Wildman–Crippen LogP) is 2.63. The molecule has 10 heteroatoms. The topological polar surface area (TPSA) is 117 Å². The number of fused-ring (bicyclic) bond motifs is 1. The van der Waals surface area contributed by atoms with Gasteiger partial charge in [0, 0.05) is 5.69 Å². The predicted molar refractivity (Wildman–Crippen MR) is 116 cm³/mol. The maximum Gasteiger partial charge on any atom is 0.262 e. The molecule has 0 saturated carbocycles. The molecular formula is C22H23N5O5. The lowest BCUT2D eigenvalue weighted by Crippen LogP contribution is -2.29. The summed E-state index contributed by atoms with van der Waals surface area (Å²) in [6.45, 7) is 2.29. The molecule has 0 fully saturated rings. The lowest BCUT2D eigenvalue weighted by molar-refractivity contribution is -0.118. The number of carbonyl (C=O) groups is 2. The highest BCUT2D eigenvalue weighted by Gasteiger charge is 2.28. The Balaban J connectivity index is 1.41. The number of ether oxygens (including phenoxy) is 3. The van der Waals surface area contributed by atoms with Crippen LogP contribution < -0.4 is 24.8 Å². The first kappa shape index (κ1) is 21.2. The van der Waals surface area contributed by atoms with E-state index in [1.54, 1.807) is 41.1 Å². The number of benzene rings is 2. The van der Waals surface area contributed by atoms with Gasteiger partial charge < -0.3 is 19.5 Å². The number of nitrogens with zero attached hydrogens (tertiary/aromatic N) is 3. The van der Waals surface area contributed by atoms with Gasteiger partial charge >= 0.3 is 0 Å². The van der Waals surface area contributed by atoms with Crippen molar-refractivity contribution >= 4 is 23.5 Å². The molecule has 1 aliphatic heterocycles. The van der Waals surface area contributed by atoms with Gasteiger partial charge in [0.05, 0.1) is 26.2 Å². The van der Waals surface area contributed by atoms with Crippen LogP contribution in [0.25, 0.3) is 0 Å². The number of hydrogen-bond acceptors (Lipinski definition) is 7. The van der Waals surface area contributed by atoms with Gasteiger partial charge in [-0.3, -0.25) is 14.9 Å². The summed E-state index contributed by atoms with van der Waals surface area (Å²) in [6, 6.07) is 12.1. The summed E-state index contributed by atoms with van der Waals surface area (Å²) in [4.78, 5) is 28.3. The van der Waals surface area contributed by atoms with Crippen molar-refractivity contribution in [2.45, 2.75) is 19.4 Å². The fourth-order valence-electron chi connectivity index (χ4n) is 3.42. The fraction of sp³-hybridized carbons (Fsp3) is 0.273. The first-order chi connectivity index (χ1) is 15.6. The lowest BCUT2D eigenvalue weighted by Gasteiger charge is -2.24. The van der Waals surface area contributed by atoms with Crippen molar-refractivity contribution in [2.24, 2.45) is 0 Å². The molecule has 0 bridgehead atoms. The summed E-state index contributed by atoms with van der Waals surface area (Å²) in [5.74, 6) is 1.55. The smallest absolute Gasteiger partial charge is 0.262 e. The molecule has 0 radical (unpaired) electrons. The first-order valence-electron chi connectivity index (χ1n) is 10.1. The van der Waals surface area contributed by atoms with Crippen LogP contribution in [0.1, 0.15) is 24.9 Å². The van der Waals surface area contributed by atoms with Crippen molar-refractivity contribution < 1.29 is 23.8 Å². The highest BCUT2D eigenvalue weighted by Crippen LogP contribution is 2.35. The highest BCUT2D eigenvalue weighted by molar-refractivity contribution is 5.92. The van der Waals surface area contributed by atoms with Crippen molar-refractivity contribution in [3.63, 3.8) is 0 Å². The van der Waals surface area contributed by atoms with Gasteiger partial charge in [0.15, 0.2) is 18.1 Å². The van der Waals surface area contributed by atoms with E-state index in [-0.39, 0.29) is 30.9 Å². The Hall–Kier alpha value is -4.08. The Kier molecular flexibility index (Phi) is 6.20. The molecule has 2 aromatic carbocycles. The second-order valence-corrected chi connectivity index (χ2v) is 7.00. The standard InChI is InChI=1S/C22H23N5O5/c1-3-31-16-7-5-15(6-8-16)25-21(29)12-32-18-9-4-14(10-19(18)30-2)17-11-20(28)26-22-23-13-24-27(17)22/h4-10,13,17H,3,11-12H2,1-2H3,(H,25,29)(H,23,24,26,28)/t17-/m1/s1. The maximum absolute atomic E-state index is 12.3. The van der Waals surface area contributed by atoms with Crippen LogP contribution >= 0.6 is 0 Å². The molecule has 32 heavy (non-hydrogen) atoms. The van der Waals surface area contributed by atoms with Crippen LogP contribution in [0.15, 0.2) is 48.8 Å². The molecule has 1 aromatic heterocycles. The second kappa shape index (κ2) is 9.38. The number of methoxy groups -OCH3 is 1. The quantitative estimate of drug-likeness (QED) is 0.556. The van der Waals surface area contributed by atoms with Crippen LogP contribution in [0, 0.1) is 0 Å². The van der Waals surface area contributed by atoms with Crippen molar-refractivity contribution in [3.05, 3.63) is 54.4 Å². The first-order valence-corrected chi connectivity index (χ1v) is 10.1. The van der Waals surface area contributed by atoms with Crippen molar-refractivity contribution in [1.29, 1.82) is 0 Å². The number of anilines is 2. The molecule has 2 amide bonds. The molecular weight excluding hydrogens is 414 g/mol. The SMILES string of the molecule is CCOc1ccc(NC(=O)COc2ccc([C@H]3CC(=O)Nc4ncnn43)cc2OC)cc1. The van der Waals surface area contributed by atoms with Crippen molar-refractivity contribution in [1.82, 2.24) is 14.8 Å². The molecule has 4 rings (SSSR count). The zero-order valence-corrected chi connectivity index (χ0v) is 17.7. The fourth-order valence-corrected chi connectivity index (χ4v) is 3.42. The Morgan fingerprint density at radius 1 is 1.19 bits per heavy atom. The van der Waals surface area contributed by atoms with Gasteiger partial charge in [0.2, 0.25) is 11.9 Å². The van der Waals surface area contributed by atoms with E-state index in [1.807, 2.05) is 13.0 Å². The summed E-state index contributed by atoms with van der Waals surface area (Å²) in [5.41, 5.74) is 1.46. The van der Waals surface area contributed by atoms with Gasteiger partial charge in [-0.05, 0) is 48.9 Å². The maximum atomic E-state index is 12.3. The number of hydrogen-bond donors (Lipinski definition) is 2. The molecule has 0 spiro atoms. The minimum absolute atomic E-state index is 0.138. The third-order valence-corrected chi connectivity index (χ3v) is 4.88. The molecule has 0 unspecified atom stereocenters. The summed E-state index contributed by atoms with van der Waals surface area (Å²) in [5, 5.41) is 9.66. The van der Waals surface area contributed by atoms with E-state index in [1.165, 1.54) is 13.4 Å². The average molecular weight is 437 g/mol. The molecule has 166 valence electrons. The van der Waals surface area contributed by atoms with Gasteiger partial charge in [-0.2, -0.15) is 10.1 Å². The van der Waals surface area contributed by atoms with Gasteiger partial charge in [0.25, 0.3) is 5.91 Å². The summed E-state index contributed by atoms with van der Waals surface area (Å²) >= 11 is 0. The third kappa shape index (κ3) is 4.64. The zero-order chi connectivity index (χ0) is 22.5. The van der Waals surface area contributed by atoms with E-state index in [9.17, 15) is 9.59 Å². The Morgan fingerprint density at radius 3 is 2.75 bits per heavy atom. The molecule has 1 aliphatic rings. The molecule has 2 N–H and O–H groups in total. The average Bonchev–Trinajstić information content (AvgIpc) is 3.27. The molecule has 3 aromatic rings. The normalized spacial score (nSPS) is 14.8. The largest absolute Gasteiger partial charge is 0.494 e. The van der Waals surface area contributed by atoms with Crippen LogP contribution in [-0.2, 0) is 9.59 Å². The second-order valence-electron chi connectivity index (χ2n) is 7.00. The van der Waals surface area contributed by atoms with E-state index < -0.39 is 0 Å². The van der Waals surface area contributed by atoms with E-state index in [2.05, 4.69) is 20.7 Å². The Bertz CT molecular complexity index is 1110. The van der Waals surface area contributed by atoms with Crippen molar-refractivity contribution in [2.75, 3.05) is 31.0 Å². The number of rotatable bonds is 8. The van der Waals surface area contributed by atoms with Gasteiger partial charge in [-0.25, -0.2) is 4.68 Å². The van der Waals surface area contributed by atoms with E-state index >= 15 is 0 Å². The van der Waals surface area contributed by atoms with Crippen LogP contribution in [-0.4, -0.2) is 46.9 Å². The Morgan fingerprint density at radius 2 is 2.00 bits per heavy atom. The number of carbonyl (C=O) groups excluding carboxylic acids is 2. The van der Waals surface area contributed by atoms with E-state index in [0.29, 0.717) is 29.7 Å². The van der Waals surface area contributed by atoms with Crippen LogP contribution in [0.2, 0.25) is 0 Å². The summed E-state index contributed by atoms with van der Waals surface area (Å²) in [7, 11) is 1.51. The van der Waals surface area contributed by atoms with Gasteiger partial charge in [0.1, 0.15) is 12.1 Å². The highest BCUT2D eigenvalue weighted by atomic mass is 16.5. The van der Waals surface area contributed by atoms with Crippen LogP contribution in [0.4, 0.5) is 11.6 Å². The molecule has 0 aliphatic carbocycles. The van der Waals surface area contributed by atoms with Gasteiger partial charge in [-0.15, -0.1) is 0 Å². The van der Waals surface area contributed by atoms with E-state index in [0.717, 1.165) is 11.3 Å². The van der Waals surface area contributed by atoms with E-state index in [4.69, 9.17) is 14.2 Å². The monoisotopic (exact) mass is 437 g/mol. The summed E-state index contributed by atoms with van der Waals surface area (Å²) in [6.07, 6.45) is 1.62. The number of nitrogens with one attached hydrogen (secondary N) is 2. The number of aromatic nitrogens is 3. The molecule has 10 nitrogen and oxygen atoms in total. The molecule has 2 heterocycles. The lowest BCUT2D eigenvalue weighted by atomic mass is 10.0. The minimum atomic E-state index is -0.313. The minimum Gasteiger partial charge on any atom is -0.494 e. The van der Waals surface area contributed by atoms with Crippen LogP contribution in [0.3, 0.4) is 0 Å². The third-order valence-electron chi connectivity index (χ3n) is 4.88. The zero-order valence-electron chi connectivity index (χ0n) is 17.7. The van der Waals surface area contributed by atoms with Gasteiger partial charge in [-0.1, -0.05) is 6.07 Å². The van der Waals surface area contributed by atoms with Crippen LogP contribution in [0.5, 0.6) is 17.2 Å². The molecule has 0 saturated heterocycles. The van der Waals surface area contributed by atoms with Crippen molar-refractivity contribution in [3.8, 4) is 17.2 Å². The summed E-state index contributed by atoms with van der Waals surface area (Å²) < 4.78 is 18.2.